The summed E-state index contributed by atoms with van der Waals surface area (Å²) in [6.07, 6.45) is 9.21. The Balaban J connectivity index is 1.69. The largest absolute Gasteiger partial charge is 0.376 e. The van der Waals surface area contributed by atoms with Gasteiger partial charge in [-0.05, 0) is 35.5 Å². The second-order valence-corrected chi connectivity index (χ2v) is 10.4. The standard InChI is InChI=1S/C23H29BN4O2P/c1-15(2)21-26-11-17(12-27-21)20(29)24-19-18(16-5-4-10-30-13-16)6-8-25-22(19)28-9-7-23(3,31)14-28/h5-6,8,11-12,15H,4,7,9-10,13-14,31H2,1-3H3. The van der Waals surface area contributed by atoms with Crippen LogP contribution in [-0.4, -0.2) is 59.4 Å². The summed E-state index contributed by atoms with van der Waals surface area (Å²) in [4.78, 5) is 28.9. The molecule has 2 aromatic rings. The predicted molar refractivity (Wildman–Crippen MR) is 128 cm³/mol. The van der Waals surface area contributed by atoms with Crippen molar-refractivity contribution in [2.24, 2.45) is 0 Å². The van der Waals surface area contributed by atoms with E-state index in [-0.39, 0.29) is 16.8 Å². The first kappa shape index (κ1) is 22.1. The summed E-state index contributed by atoms with van der Waals surface area (Å²) in [6.45, 7) is 9.38. The van der Waals surface area contributed by atoms with Crippen molar-refractivity contribution in [1.29, 1.82) is 0 Å². The molecule has 0 saturated carbocycles. The van der Waals surface area contributed by atoms with Gasteiger partial charge in [0.05, 0.1) is 13.2 Å². The lowest BCUT2D eigenvalue weighted by Gasteiger charge is -2.25. The van der Waals surface area contributed by atoms with Gasteiger partial charge in [-0.1, -0.05) is 26.8 Å². The summed E-state index contributed by atoms with van der Waals surface area (Å²) in [6, 6.07) is 1.98. The van der Waals surface area contributed by atoms with Crippen molar-refractivity contribution in [2.45, 2.75) is 44.7 Å². The molecule has 2 aliphatic rings. The molecule has 0 amide bonds. The van der Waals surface area contributed by atoms with E-state index in [9.17, 15) is 4.79 Å². The Morgan fingerprint density at radius 3 is 2.68 bits per heavy atom. The molecule has 4 rings (SSSR count). The minimum absolute atomic E-state index is 0.115. The maximum absolute atomic E-state index is 13.2. The van der Waals surface area contributed by atoms with Crippen LogP contribution in [0.1, 0.15) is 61.3 Å². The number of ether oxygens (including phenoxy) is 1. The van der Waals surface area contributed by atoms with E-state index >= 15 is 0 Å². The molecule has 0 aliphatic carbocycles. The highest BCUT2D eigenvalue weighted by Crippen LogP contribution is 2.32. The van der Waals surface area contributed by atoms with Crippen molar-refractivity contribution in [1.82, 2.24) is 15.0 Å². The molecule has 6 nitrogen and oxygen atoms in total. The van der Waals surface area contributed by atoms with Crippen LogP contribution in [0.2, 0.25) is 0 Å². The Hall–Kier alpha value is -2.11. The maximum atomic E-state index is 13.2. The highest BCUT2D eigenvalue weighted by Gasteiger charge is 2.32. The van der Waals surface area contributed by atoms with Crippen LogP contribution in [-0.2, 0) is 4.74 Å². The molecule has 0 N–H and O–H groups in total. The predicted octanol–water partition coefficient (Wildman–Crippen LogP) is 2.81. The number of nitrogens with zero attached hydrogens (tertiary/aromatic N) is 4. The lowest BCUT2D eigenvalue weighted by molar-refractivity contribution is 0.107. The third-order valence-electron chi connectivity index (χ3n) is 5.78. The molecule has 1 saturated heterocycles. The van der Waals surface area contributed by atoms with Crippen molar-refractivity contribution >= 4 is 39.1 Å². The Labute approximate surface area is 187 Å². The second-order valence-electron chi connectivity index (χ2n) is 8.99. The van der Waals surface area contributed by atoms with Crippen LogP contribution in [0.5, 0.6) is 0 Å². The highest BCUT2D eigenvalue weighted by atomic mass is 31.0. The quantitative estimate of drug-likeness (QED) is 0.514. The highest BCUT2D eigenvalue weighted by molar-refractivity contribution is 7.19. The van der Waals surface area contributed by atoms with Gasteiger partial charge in [-0.2, -0.15) is 0 Å². The number of rotatable bonds is 6. The number of aromatic nitrogens is 3. The van der Waals surface area contributed by atoms with Crippen molar-refractivity contribution in [2.75, 3.05) is 31.2 Å². The smallest absolute Gasteiger partial charge is 0.253 e. The van der Waals surface area contributed by atoms with Crippen LogP contribution >= 0.6 is 9.24 Å². The first-order valence-corrected chi connectivity index (χ1v) is 11.4. The van der Waals surface area contributed by atoms with Crippen LogP contribution in [0.3, 0.4) is 0 Å². The molecule has 2 aliphatic heterocycles. The maximum Gasteiger partial charge on any atom is 0.253 e. The summed E-state index contributed by atoms with van der Waals surface area (Å²) in [5.41, 5.74) is 3.33. The Bertz CT molecular complexity index is 992. The zero-order valence-corrected chi connectivity index (χ0v) is 19.6. The summed E-state index contributed by atoms with van der Waals surface area (Å²) in [5, 5.41) is 0.146. The number of hydrogen-bond acceptors (Lipinski definition) is 6. The summed E-state index contributed by atoms with van der Waals surface area (Å²) >= 11 is 0. The van der Waals surface area contributed by atoms with E-state index in [1.54, 1.807) is 19.7 Å². The fraction of sp³-hybridized carbons (Fsp3) is 0.478. The summed E-state index contributed by atoms with van der Waals surface area (Å²) < 4.78 is 5.69. The van der Waals surface area contributed by atoms with Gasteiger partial charge in [0, 0.05) is 48.3 Å². The molecule has 4 heterocycles. The van der Waals surface area contributed by atoms with Gasteiger partial charge in [0.25, 0.3) is 7.28 Å². The van der Waals surface area contributed by atoms with E-state index in [1.807, 2.05) is 26.1 Å². The SMILES string of the molecule is CC(C)c1ncc(C(=O)[B]c2c(C3=CCCOC3)ccnc2N2CCC(C)(P)C2)cn1. The molecular formula is C23H29BN4O2P. The molecule has 1 fully saturated rings. The van der Waals surface area contributed by atoms with Gasteiger partial charge < -0.3 is 14.4 Å². The van der Waals surface area contributed by atoms with E-state index in [4.69, 9.17) is 9.72 Å². The van der Waals surface area contributed by atoms with E-state index in [1.165, 1.54) is 0 Å². The van der Waals surface area contributed by atoms with Gasteiger partial charge >= 0.3 is 0 Å². The average molecular weight is 435 g/mol. The molecule has 31 heavy (non-hydrogen) atoms. The average Bonchev–Trinajstić information content (AvgIpc) is 3.14. The molecule has 8 heteroatoms. The van der Waals surface area contributed by atoms with Gasteiger partial charge in [-0.15, -0.1) is 9.24 Å². The molecule has 0 bridgehead atoms. The number of carbonyl (C=O) groups is 1. The lowest BCUT2D eigenvalue weighted by atomic mass is 9.62. The monoisotopic (exact) mass is 435 g/mol. The number of carbonyl (C=O) groups excluding carboxylic acids is 1. The summed E-state index contributed by atoms with van der Waals surface area (Å²) in [7, 11) is 4.65. The van der Waals surface area contributed by atoms with Gasteiger partial charge in [-0.25, -0.2) is 15.0 Å². The van der Waals surface area contributed by atoms with Crippen LogP contribution in [0.15, 0.2) is 30.7 Å². The van der Waals surface area contributed by atoms with E-state index in [0.29, 0.717) is 12.2 Å². The molecule has 1 radical (unpaired) electrons. The topological polar surface area (TPSA) is 68.2 Å². The molecule has 0 aromatic carbocycles. The lowest BCUT2D eigenvalue weighted by Crippen LogP contribution is -2.37. The zero-order chi connectivity index (χ0) is 22.0. The van der Waals surface area contributed by atoms with Gasteiger partial charge in [0.15, 0.2) is 0 Å². The Kier molecular flexibility index (Phi) is 6.54. The normalized spacial score (nSPS) is 21.3. The van der Waals surface area contributed by atoms with E-state index < -0.39 is 0 Å². The van der Waals surface area contributed by atoms with E-state index in [2.05, 4.69) is 37.1 Å². The summed E-state index contributed by atoms with van der Waals surface area (Å²) in [5.74, 6) is 1.81. The van der Waals surface area contributed by atoms with Crippen LogP contribution in [0.4, 0.5) is 5.82 Å². The number of anilines is 1. The van der Waals surface area contributed by atoms with Crippen molar-refractivity contribution in [3.8, 4) is 0 Å². The van der Waals surface area contributed by atoms with Gasteiger partial charge in [-0.3, -0.25) is 0 Å². The Morgan fingerprint density at radius 2 is 2.06 bits per heavy atom. The fourth-order valence-corrected chi connectivity index (χ4v) is 4.37. The number of hydrogen-bond donors (Lipinski definition) is 0. The van der Waals surface area contributed by atoms with Crippen molar-refractivity contribution in [3.63, 3.8) is 0 Å². The minimum atomic E-state index is -0.115. The third-order valence-corrected chi connectivity index (χ3v) is 6.25. The number of pyridine rings is 1. The molecule has 161 valence electrons. The second kappa shape index (κ2) is 9.18. The molecule has 2 unspecified atom stereocenters. The zero-order valence-electron chi connectivity index (χ0n) is 18.5. The first-order valence-electron chi connectivity index (χ1n) is 10.8. The van der Waals surface area contributed by atoms with Gasteiger partial charge in [0.2, 0.25) is 0 Å². The first-order chi connectivity index (χ1) is 14.8. The molecule has 2 aromatic heterocycles. The fourth-order valence-electron chi connectivity index (χ4n) is 4.02. The minimum Gasteiger partial charge on any atom is -0.376 e. The molecular weight excluding hydrogens is 406 g/mol. The molecule has 0 spiro atoms. The van der Waals surface area contributed by atoms with Crippen molar-refractivity contribution < 1.29 is 9.53 Å². The van der Waals surface area contributed by atoms with Crippen LogP contribution in [0.25, 0.3) is 5.57 Å². The van der Waals surface area contributed by atoms with E-state index in [0.717, 1.165) is 60.8 Å². The van der Waals surface area contributed by atoms with Crippen LogP contribution < -0.4 is 10.4 Å². The van der Waals surface area contributed by atoms with Crippen LogP contribution in [0, 0.1) is 0 Å². The third kappa shape index (κ3) is 5.04. The molecule has 2 atom stereocenters. The van der Waals surface area contributed by atoms with Gasteiger partial charge in [0.1, 0.15) is 17.3 Å². The Morgan fingerprint density at radius 1 is 1.29 bits per heavy atom. The van der Waals surface area contributed by atoms with Crippen molar-refractivity contribution in [3.05, 3.63) is 47.7 Å².